The van der Waals surface area contributed by atoms with E-state index in [9.17, 15) is 9.59 Å². The summed E-state index contributed by atoms with van der Waals surface area (Å²) in [6.07, 6.45) is 13.3. The molecule has 2 heterocycles. The second-order valence-corrected chi connectivity index (χ2v) is 12.8. The first-order valence-corrected chi connectivity index (χ1v) is 17.7. The number of amides is 2. The summed E-state index contributed by atoms with van der Waals surface area (Å²) in [4.78, 5) is 44.5. The first-order valence-electron chi connectivity index (χ1n) is 17.7. The lowest BCUT2D eigenvalue weighted by Gasteiger charge is -2.37. The van der Waals surface area contributed by atoms with Crippen molar-refractivity contribution in [1.29, 1.82) is 0 Å². The van der Waals surface area contributed by atoms with Crippen LogP contribution in [-0.2, 0) is 17.9 Å². The van der Waals surface area contributed by atoms with Crippen molar-refractivity contribution in [1.82, 2.24) is 29.8 Å². The van der Waals surface area contributed by atoms with Crippen molar-refractivity contribution in [2.45, 2.75) is 77.4 Å². The average molecular weight is 699 g/mol. The van der Waals surface area contributed by atoms with Crippen molar-refractivity contribution in [2.75, 3.05) is 42.8 Å². The Morgan fingerprint density at radius 2 is 1.88 bits per heavy atom. The molecule has 4 aromatic rings. The number of aromatic nitrogens is 5. The van der Waals surface area contributed by atoms with Gasteiger partial charge in [-0.15, -0.1) is 0 Å². The van der Waals surface area contributed by atoms with E-state index in [4.69, 9.17) is 30.2 Å². The fourth-order valence-corrected chi connectivity index (χ4v) is 6.33. The molecule has 0 saturated heterocycles. The van der Waals surface area contributed by atoms with Crippen molar-refractivity contribution >= 4 is 35.3 Å². The number of primary amides is 1. The summed E-state index contributed by atoms with van der Waals surface area (Å²) >= 11 is 0. The molecule has 272 valence electrons. The van der Waals surface area contributed by atoms with Crippen molar-refractivity contribution in [3.8, 4) is 11.5 Å². The van der Waals surface area contributed by atoms with Crippen LogP contribution in [0.5, 0.6) is 11.5 Å². The van der Waals surface area contributed by atoms with E-state index in [0.717, 1.165) is 31.4 Å². The van der Waals surface area contributed by atoms with Crippen molar-refractivity contribution < 1.29 is 19.1 Å². The van der Waals surface area contributed by atoms with E-state index < -0.39 is 5.91 Å². The topological polar surface area (TPSA) is 174 Å². The molecule has 1 atom stereocenters. The van der Waals surface area contributed by atoms with Crippen LogP contribution in [0.2, 0.25) is 0 Å². The zero-order valence-electron chi connectivity index (χ0n) is 29.8. The molecule has 0 aliphatic heterocycles. The highest BCUT2D eigenvalue weighted by Crippen LogP contribution is 2.34. The highest BCUT2D eigenvalue weighted by molar-refractivity contribution is 5.93. The van der Waals surface area contributed by atoms with Crippen LogP contribution in [0.4, 0.5) is 23.5 Å². The molecule has 1 aliphatic carbocycles. The van der Waals surface area contributed by atoms with Crippen LogP contribution in [0.15, 0.2) is 61.2 Å². The monoisotopic (exact) mass is 698 g/mol. The molecule has 14 nitrogen and oxygen atoms in total. The molecular formula is C37H50N10O4. The van der Waals surface area contributed by atoms with Crippen LogP contribution in [0.1, 0.15) is 74.2 Å². The van der Waals surface area contributed by atoms with E-state index in [1.807, 2.05) is 35.0 Å². The third kappa shape index (κ3) is 10.8. The largest absolute Gasteiger partial charge is 0.496 e. The normalized spacial score (nSPS) is 13.6. The van der Waals surface area contributed by atoms with Gasteiger partial charge in [-0.1, -0.05) is 25.3 Å². The lowest BCUT2D eigenvalue weighted by atomic mass is 9.84. The van der Waals surface area contributed by atoms with Gasteiger partial charge in [-0.25, -0.2) is 4.98 Å². The lowest BCUT2D eigenvalue weighted by molar-refractivity contribution is -0.120. The van der Waals surface area contributed by atoms with E-state index >= 15 is 0 Å². The van der Waals surface area contributed by atoms with Crippen molar-refractivity contribution in [2.24, 2.45) is 11.7 Å². The Morgan fingerprint density at radius 1 is 1.06 bits per heavy atom. The van der Waals surface area contributed by atoms with Gasteiger partial charge in [0.25, 0.3) is 0 Å². The maximum Gasteiger partial charge on any atom is 0.248 e. The van der Waals surface area contributed by atoms with Gasteiger partial charge in [0.2, 0.25) is 29.7 Å². The van der Waals surface area contributed by atoms with Gasteiger partial charge in [0, 0.05) is 74.4 Å². The number of aryl methyl sites for hydroxylation is 1. The van der Waals surface area contributed by atoms with Gasteiger partial charge in [-0.2, -0.15) is 15.0 Å². The third-order valence-corrected chi connectivity index (χ3v) is 9.24. The Hall–Kier alpha value is -5.40. The molecule has 0 radical (unpaired) electrons. The predicted molar refractivity (Wildman–Crippen MR) is 197 cm³/mol. The summed E-state index contributed by atoms with van der Waals surface area (Å²) in [5.41, 5.74) is 7.53. The molecule has 51 heavy (non-hydrogen) atoms. The predicted octanol–water partition coefficient (Wildman–Crippen LogP) is 5.30. The summed E-state index contributed by atoms with van der Waals surface area (Å²) in [6.45, 7) is 4.58. The third-order valence-electron chi connectivity index (χ3n) is 9.24. The van der Waals surface area contributed by atoms with E-state index in [2.05, 4.69) is 32.8 Å². The fraction of sp³-hybridized carbons (Fsp3) is 0.459. The summed E-state index contributed by atoms with van der Waals surface area (Å²) in [6, 6.07) is 12.9. The second kappa shape index (κ2) is 18.6. The van der Waals surface area contributed by atoms with E-state index in [-0.39, 0.29) is 11.9 Å². The Bertz CT molecular complexity index is 1710. The average Bonchev–Trinajstić information content (AvgIpc) is 3.68. The van der Waals surface area contributed by atoms with Crippen LogP contribution in [0.25, 0.3) is 0 Å². The molecule has 1 saturated carbocycles. The quantitative estimate of drug-likeness (QED) is 0.0936. The number of imidazole rings is 1. The number of anilines is 4. The van der Waals surface area contributed by atoms with Gasteiger partial charge in [0.05, 0.1) is 20.0 Å². The number of nitrogens with zero attached hydrogens (tertiary/aromatic N) is 6. The molecule has 2 aromatic heterocycles. The van der Waals surface area contributed by atoms with Gasteiger partial charge in [0.15, 0.2) is 0 Å². The van der Waals surface area contributed by atoms with E-state index in [1.165, 1.54) is 19.3 Å². The maximum absolute atomic E-state index is 11.9. The number of hydrogen-bond donors (Lipinski definition) is 4. The number of nitrogens with two attached hydrogens (primary N) is 1. The molecule has 1 unspecified atom stereocenters. The van der Waals surface area contributed by atoms with Crippen LogP contribution < -0.4 is 36.1 Å². The molecule has 5 rings (SSSR count). The second-order valence-electron chi connectivity index (χ2n) is 12.8. The summed E-state index contributed by atoms with van der Waals surface area (Å²) in [5.74, 6) is 2.59. The van der Waals surface area contributed by atoms with E-state index in [0.29, 0.717) is 79.1 Å². The molecule has 14 heteroatoms. The fourth-order valence-electron chi connectivity index (χ4n) is 6.33. The Morgan fingerprint density at radius 3 is 2.63 bits per heavy atom. The summed E-state index contributed by atoms with van der Waals surface area (Å²) < 4.78 is 13.9. The van der Waals surface area contributed by atoms with Crippen LogP contribution in [0, 0.1) is 5.92 Å². The van der Waals surface area contributed by atoms with Gasteiger partial charge >= 0.3 is 0 Å². The first-order chi connectivity index (χ1) is 24.8. The molecule has 0 bridgehead atoms. The Balaban J connectivity index is 1.44. The Labute approximate surface area is 299 Å². The molecule has 2 aromatic carbocycles. The number of rotatable bonds is 19. The smallest absolute Gasteiger partial charge is 0.248 e. The van der Waals surface area contributed by atoms with Gasteiger partial charge < -0.3 is 40.6 Å². The van der Waals surface area contributed by atoms with Gasteiger partial charge in [-0.05, 0) is 68.9 Å². The van der Waals surface area contributed by atoms with E-state index in [1.54, 1.807) is 44.9 Å². The standard InChI is InChI=1S/C37H50N10O4/c1-26(27-10-5-4-6-11-27)47(24-29-15-16-31(23-32(29)50-3)51-21-8-14-33(48)39-2)37-44-35(41-17-9-19-46-20-18-40-25-46)43-36(45-37)42-30-13-7-12-28(22-30)34(38)49/h7,12-13,15-16,18,20,22-23,25-27H,4-6,8-11,14,17,19,21,24H2,1-3H3,(H2,38,49)(H,39,48)(H2,41,42,43,44,45). The molecule has 0 spiro atoms. The number of benzene rings is 2. The minimum atomic E-state index is -0.517. The van der Waals surface area contributed by atoms with Crippen molar-refractivity contribution in [3.63, 3.8) is 0 Å². The number of hydrogen-bond acceptors (Lipinski definition) is 11. The number of nitrogens with one attached hydrogen (secondary N) is 3. The number of methoxy groups -OCH3 is 1. The zero-order valence-corrected chi connectivity index (χ0v) is 29.8. The Kier molecular flexibility index (Phi) is 13.4. The SMILES string of the molecule is CNC(=O)CCCOc1ccc(CN(c2nc(NCCCn3ccnc3)nc(Nc3cccc(C(N)=O)c3)n2)C(C)C2CCCCC2)c(OC)c1. The molecule has 1 fully saturated rings. The summed E-state index contributed by atoms with van der Waals surface area (Å²) in [7, 11) is 3.28. The van der Waals surface area contributed by atoms with Gasteiger partial charge in [0.1, 0.15) is 11.5 Å². The first kappa shape index (κ1) is 36.9. The molecular weight excluding hydrogens is 648 g/mol. The molecule has 1 aliphatic rings. The minimum Gasteiger partial charge on any atom is -0.496 e. The molecule has 2 amide bonds. The van der Waals surface area contributed by atoms with Crippen LogP contribution >= 0.6 is 0 Å². The highest BCUT2D eigenvalue weighted by atomic mass is 16.5. The van der Waals surface area contributed by atoms with Gasteiger partial charge in [-0.3, -0.25) is 9.59 Å². The highest BCUT2D eigenvalue weighted by Gasteiger charge is 2.29. The maximum atomic E-state index is 11.9. The molecule has 5 N–H and O–H groups in total. The summed E-state index contributed by atoms with van der Waals surface area (Å²) in [5, 5.41) is 9.32. The van der Waals surface area contributed by atoms with Crippen LogP contribution in [0.3, 0.4) is 0 Å². The minimum absolute atomic E-state index is 0.0117. The number of ether oxygens (including phenoxy) is 2. The lowest BCUT2D eigenvalue weighted by Crippen LogP contribution is -2.40. The zero-order chi connectivity index (χ0) is 36.0. The number of carbonyl (C=O) groups excluding carboxylic acids is 2. The van der Waals surface area contributed by atoms with Crippen LogP contribution in [-0.4, -0.2) is 69.7 Å². The van der Waals surface area contributed by atoms with Crippen molar-refractivity contribution in [3.05, 3.63) is 72.3 Å². The number of carbonyl (C=O) groups is 2.